The second-order valence-corrected chi connectivity index (χ2v) is 6.27. The summed E-state index contributed by atoms with van der Waals surface area (Å²) in [6.45, 7) is 6.41. The Morgan fingerprint density at radius 3 is 3.04 bits per heavy atom. The minimum absolute atomic E-state index is 0.150. The average Bonchev–Trinajstić information content (AvgIpc) is 3.00. The lowest BCUT2D eigenvalue weighted by Crippen LogP contribution is -2.37. The minimum atomic E-state index is -0.310. The molecule has 0 bridgehead atoms. The Bertz CT molecular complexity index is 712. The van der Waals surface area contributed by atoms with E-state index in [0.29, 0.717) is 18.1 Å². The molecule has 1 fully saturated rings. The van der Waals surface area contributed by atoms with Gasteiger partial charge in [0.2, 0.25) is 0 Å². The highest BCUT2D eigenvalue weighted by molar-refractivity contribution is 5.16. The molecule has 0 aliphatic carbocycles. The van der Waals surface area contributed by atoms with E-state index >= 15 is 0 Å². The number of nitrogens with zero attached hydrogens (tertiary/aromatic N) is 5. The number of azide groups is 1. The lowest BCUT2D eigenvalue weighted by Gasteiger charge is -2.33. The Labute approximate surface area is 134 Å². The number of fused-ring (bicyclic) bond motifs is 3. The fraction of sp³-hybridized carbons (Fsp3) is 0.733. The first-order valence-corrected chi connectivity index (χ1v) is 7.97. The van der Waals surface area contributed by atoms with Crippen LogP contribution in [0.4, 0.5) is 0 Å². The molecule has 3 rings (SSSR count). The maximum atomic E-state index is 11.7. The van der Waals surface area contributed by atoms with E-state index in [1.165, 1.54) is 0 Å². The third-order valence-electron chi connectivity index (χ3n) is 5.08. The number of aromatic nitrogens is 2. The van der Waals surface area contributed by atoms with Crippen LogP contribution in [0.3, 0.4) is 0 Å². The standard InChI is InChI=1S/C15H21N5O3/c1-4-15(6-5-7-17-19-16)10(3)11-13(23-15)20-8-9(2)12(21)18-14(20)22-11/h8,10-11,13H,4-7H2,1-3H3/t10-,11-,13+,15-/m0/s1. The summed E-state index contributed by atoms with van der Waals surface area (Å²) in [6, 6.07) is 0.334. The monoisotopic (exact) mass is 319 g/mol. The molecule has 0 spiro atoms. The van der Waals surface area contributed by atoms with Gasteiger partial charge >= 0.3 is 6.01 Å². The Kier molecular flexibility index (Phi) is 4.04. The zero-order chi connectivity index (χ0) is 16.6. The molecule has 1 aromatic heterocycles. The van der Waals surface area contributed by atoms with E-state index in [1.54, 1.807) is 13.1 Å². The summed E-state index contributed by atoms with van der Waals surface area (Å²) in [6.07, 6.45) is 3.78. The largest absolute Gasteiger partial charge is 0.456 e. The second kappa shape index (κ2) is 5.86. The van der Waals surface area contributed by atoms with Gasteiger partial charge in [-0.3, -0.25) is 9.36 Å². The maximum absolute atomic E-state index is 11.7. The van der Waals surface area contributed by atoms with Gasteiger partial charge in [0.05, 0.1) is 5.60 Å². The molecule has 124 valence electrons. The van der Waals surface area contributed by atoms with Crippen molar-refractivity contribution >= 4 is 0 Å². The first kappa shape index (κ1) is 15.8. The number of ether oxygens (including phenoxy) is 2. The molecule has 4 atom stereocenters. The lowest BCUT2D eigenvalue weighted by molar-refractivity contribution is -0.0897. The van der Waals surface area contributed by atoms with E-state index in [9.17, 15) is 4.79 Å². The summed E-state index contributed by atoms with van der Waals surface area (Å²) in [5.74, 6) is 0.153. The van der Waals surface area contributed by atoms with Crippen LogP contribution < -0.4 is 10.3 Å². The third kappa shape index (κ3) is 2.48. The van der Waals surface area contributed by atoms with Crippen LogP contribution in [-0.2, 0) is 4.74 Å². The van der Waals surface area contributed by atoms with Crippen LogP contribution in [-0.4, -0.2) is 27.8 Å². The maximum Gasteiger partial charge on any atom is 0.302 e. The van der Waals surface area contributed by atoms with Crippen LogP contribution in [0.25, 0.3) is 10.4 Å². The lowest BCUT2D eigenvalue weighted by atomic mass is 9.81. The van der Waals surface area contributed by atoms with Crippen molar-refractivity contribution in [3.8, 4) is 6.01 Å². The molecule has 0 aromatic carbocycles. The summed E-state index contributed by atoms with van der Waals surface area (Å²) < 4.78 is 14.1. The molecule has 8 nitrogen and oxygen atoms in total. The van der Waals surface area contributed by atoms with Gasteiger partial charge in [-0.1, -0.05) is 19.0 Å². The summed E-state index contributed by atoms with van der Waals surface area (Å²) in [5.41, 5.74) is 8.39. The molecule has 1 aromatic rings. The predicted molar refractivity (Wildman–Crippen MR) is 83.2 cm³/mol. The molecule has 0 amide bonds. The highest BCUT2D eigenvalue weighted by Crippen LogP contribution is 2.50. The topological polar surface area (TPSA) is 102 Å². The molecule has 0 N–H and O–H groups in total. The average molecular weight is 319 g/mol. The summed E-state index contributed by atoms with van der Waals surface area (Å²) in [5, 5.41) is 3.60. The van der Waals surface area contributed by atoms with Crippen LogP contribution in [0.5, 0.6) is 6.01 Å². The minimum Gasteiger partial charge on any atom is -0.456 e. The van der Waals surface area contributed by atoms with Gasteiger partial charge < -0.3 is 9.47 Å². The van der Waals surface area contributed by atoms with E-state index in [4.69, 9.17) is 15.0 Å². The van der Waals surface area contributed by atoms with Gasteiger partial charge in [0, 0.05) is 29.1 Å². The molecule has 0 radical (unpaired) electrons. The summed E-state index contributed by atoms with van der Waals surface area (Å²) in [7, 11) is 0. The van der Waals surface area contributed by atoms with E-state index in [1.807, 2.05) is 4.57 Å². The fourth-order valence-electron chi connectivity index (χ4n) is 3.64. The summed E-state index contributed by atoms with van der Waals surface area (Å²) >= 11 is 0. The molecule has 0 saturated carbocycles. The Hall–Kier alpha value is -2.05. The smallest absolute Gasteiger partial charge is 0.302 e. The van der Waals surface area contributed by atoms with Crippen LogP contribution in [0.1, 0.15) is 44.9 Å². The van der Waals surface area contributed by atoms with Crippen molar-refractivity contribution in [3.05, 3.63) is 32.6 Å². The van der Waals surface area contributed by atoms with Gasteiger partial charge in [-0.2, -0.15) is 4.98 Å². The van der Waals surface area contributed by atoms with Crippen molar-refractivity contribution in [2.45, 2.75) is 58.0 Å². The van der Waals surface area contributed by atoms with Crippen LogP contribution >= 0.6 is 0 Å². The van der Waals surface area contributed by atoms with Crippen molar-refractivity contribution in [2.75, 3.05) is 6.54 Å². The van der Waals surface area contributed by atoms with E-state index in [2.05, 4.69) is 28.9 Å². The number of hydrogen-bond donors (Lipinski definition) is 0. The molecule has 2 aliphatic heterocycles. The Morgan fingerprint density at radius 2 is 2.35 bits per heavy atom. The highest BCUT2D eigenvalue weighted by atomic mass is 16.6. The first-order valence-electron chi connectivity index (χ1n) is 7.97. The van der Waals surface area contributed by atoms with Crippen molar-refractivity contribution in [1.82, 2.24) is 9.55 Å². The van der Waals surface area contributed by atoms with Gasteiger partial charge in [-0.25, -0.2) is 0 Å². The van der Waals surface area contributed by atoms with Gasteiger partial charge in [0.1, 0.15) is 0 Å². The van der Waals surface area contributed by atoms with Crippen molar-refractivity contribution in [3.63, 3.8) is 0 Å². The molecule has 3 heterocycles. The molecule has 1 saturated heterocycles. The molecule has 2 aliphatic rings. The first-order chi connectivity index (χ1) is 11.0. The Morgan fingerprint density at radius 1 is 1.57 bits per heavy atom. The Balaban J connectivity index is 1.85. The molecular formula is C15H21N5O3. The highest BCUT2D eigenvalue weighted by Gasteiger charge is 2.56. The molecule has 8 heteroatoms. The van der Waals surface area contributed by atoms with E-state index in [-0.39, 0.29) is 29.4 Å². The molecule has 0 unspecified atom stereocenters. The van der Waals surface area contributed by atoms with Gasteiger partial charge in [-0.05, 0) is 31.7 Å². The van der Waals surface area contributed by atoms with Gasteiger partial charge in [0.15, 0.2) is 12.3 Å². The number of hydrogen-bond acceptors (Lipinski definition) is 5. The van der Waals surface area contributed by atoms with Crippen molar-refractivity contribution in [2.24, 2.45) is 11.0 Å². The number of rotatable bonds is 5. The zero-order valence-corrected chi connectivity index (χ0v) is 13.6. The zero-order valence-electron chi connectivity index (χ0n) is 13.6. The van der Waals surface area contributed by atoms with Crippen molar-refractivity contribution < 1.29 is 9.47 Å². The van der Waals surface area contributed by atoms with Gasteiger partial charge in [0.25, 0.3) is 5.56 Å². The van der Waals surface area contributed by atoms with Gasteiger partial charge in [-0.15, -0.1) is 0 Å². The van der Waals surface area contributed by atoms with E-state index in [0.717, 1.165) is 19.3 Å². The van der Waals surface area contributed by atoms with Crippen LogP contribution in [0, 0.1) is 12.8 Å². The SMILES string of the molecule is CC[C@@]1(CCCN=[N+]=[N-])O[C@@H]2[C@@H](Oc3nc(=O)c(C)cn32)[C@@H]1C. The summed E-state index contributed by atoms with van der Waals surface area (Å²) in [4.78, 5) is 18.5. The van der Waals surface area contributed by atoms with Crippen LogP contribution in [0.2, 0.25) is 0 Å². The predicted octanol–water partition coefficient (Wildman–Crippen LogP) is 2.72. The molecule has 23 heavy (non-hydrogen) atoms. The molecular weight excluding hydrogens is 298 g/mol. The quantitative estimate of drug-likeness (QED) is 0.360. The normalized spacial score (nSPS) is 31.2. The van der Waals surface area contributed by atoms with Crippen LogP contribution in [0.15, 0.2) is 16.1 Å². The third-order valence-corrected chi connectivity index (χ3v) is 5.08. The number of aryl methyl sites for hydroxylation is 1. The fourth-order valence-corrected chi connectivity index (χ4v) is 3.64. The van der Waals surface area contributed by atoms with Crippen molar-refractivity contribution in [1.29, 1.82) is 0 Å². The van der Waals surface area contributed by atoms with E-state index < -0.39 is 0 Å². The second-order valence-electron chi connectivity index (χ2n) is 6.27.